The number of carboxylic acids is 1. The van der Waals surface area contributed by atoms with Crippen molar-refractivity contribution in [3.8, 4) is 12.3 Å². The summed E-state index contributed by atoms with van der Waals surface area (Å²) in [5.74, 6) is -2.88. The van der Waals surface area contributed by atoms with E-state index in [0.29, 0.717) is 5.57 Å². The van der Waals surface area contributed by atoms with Crippen molar-refractivity contribution in [1.29, 1.82) is 0 Å². The minimum atomic E-state index is -4.56. The van der Waals surface area contributed by atoms with E-state index in [4.69, 9.17) is 20.6 Å². The highest BCUT2D eigenvalue weighted by Crippen LogP contribution is 2.42. The summed E-state index contributed by atoms with van der Waals surface area (Å²) >= 11 is 0. The van der Waals surface area contributed by atoms with E-state index in [2.05, 4.69) is 5.92 Å². The van der Waals surface area contributed by atoms with Crippen LogP contribution in [0.3, 0.4) is 0 Å². The van der Waals surface area contributed by atoms with E-state index < -0.39 is 66.3 Å². The number of esters is 3. The third-order valence-electron chi connectivity index (χ3n) is 8.67. The molecule has 0 fully saturated rings. The van der Waals surface area contributed by atoms with Crippen molar-refractivity contribution in [2.24, 2.45) is 0 Å². The van der Waals surface area contributed by atoms with E-state index in [1.54, 1.807) is 37.3 Å². The molecule has 0 aromatic heterocycles. The Morgan fingerprint density at radius 2 is 1.14 bits per heavy atom. The number of carbonyl (C=O) groups excluding carboxylic acids is 3. The van der Waals surface area contributed by atoms with Crippen LogP contribution in [0.5, 0.6) is 0 Å². The van der Waals surface area contributed by atoms with Gasteiger partial charge in [0.1, 0.15) is 0 Å². The van der Waals surface area contributed by atoms with Crippen molar-refractivity contribution < 1.29 is 55.3 Å². The quantitative estimate of drug-likeness (QED) is 0.0371. The predicted molar refractivity (Wildman–Crippen MR) is 206 cm³/mol. The van der Waals surface area contributed by atoms with Gasteiger partial charge in [-0.3, -0.25) is 0 Å². The molecular weight excluding hydrogens is 761 g/mol. The van der Waals surface area contributed by atoms with Gasteiger partial charge >= 0.3 is 23.9 Å². The van der Waals surface area contributed by atoms with E-state index in [0.717, 1.165) is 0 Å². The van der Waals surface area contributed by atoms with Crippen LogP contribution in [-0.4, -0.2) is 68.7 Å². The van der Waals surface area contributed by atoms with Crippen LogP contribution in [0, 0.1) is 12.3 Å². The molecule has 0 aliphatic heterocycles. The Labute approximate surface area is 326 Å². The van der Waals surface area contributed by atoms with Gasteiger partial charge in [-0.25, -0.2) is 36.0 Å². The third kappa shape index (κ3) is 10.2. The van der Waals surface area contributed by atoms with Gasteiger partial charge in [0.25, 0.3) is 0 Å². The highest BCUT2D eigenvalue weighted by Gasteiger charge is 2.55. The van der Waals surface area contributed by atoms with Crippen LogP contribution in [0.25, 0.3) is 0 Å². The monoisotopic (exact) mass is 800 g/mol. The van der Waals surface area contributed by atoms with E-state index >= 15 is 0 Å². The number of carbonyl (C=O) groups is 4. The molecule has 0 amide bonds. The lowest BCUT2D eigenvalue weighted by Gasteiger charge is -2.31. The molecule has 0 bridgehead atoms. The zero-order valence-corrected chi connectivity index (χ0v) is 32.0. The number of sulfone groups is 2. The second-order valence-corrected chi connectivity index (χ2v) is 17.3. The summed E-state index contributed by atoms with van der Waals surface area (Å²) in [6.45, 7) is 1.43. The van der Waals surface area contributed by atoms with Gasteiger partial charge in [-0.15, -0.1) is 12.3 Å². The summed E-state index contributed by atoms with van der Waals surface area (Å²) in [5, 5.41) is 9.95. The molecule has 2 atom stereocenters. The zero-order valence-electron chi connectivity index (χ0n) is 30.4. The topological polar surface area (TPSA) is 184 Å². The van der Waals surface area contributed by atoms with Gasteiger partial charge in [0, 0.05) is 6.42 Å². The fourth-order valence-corrected chi connectivity index (χ4v) is 10.7. The number of hydrogen-bond acceptors (Lipinski definition) is 11. The van der Waals surface area contributed by atoms with Gasteiger partial charge in [0.05, 0.1) is 27.5 Å². The molecule has 4 aromatic rings. The van der Waals surface area contributed by atoms with Crippen LogP contribution in [0.15, 0.2) is 143 Å². The van der Waals surface area contributed by atoms with Gasteiger partial charge in [0.2, 0.25) is 12.2 Å². The van der Waals surface area contributed by atoms with Crippen molar-refractivity contribution in [3.63, 3.8) is 0 Å². The summed E-state index contributed by atoms with van der Waals surface area (Å²) in [4.78, 5) is 50.8. The molecule has 56 heavy (non-hydrogen) atoms. The second-order valence-electron chi connectivity index (χ2n) is 12.5. The van der Waals surface area contributed by atoms with Crippen LogP contribution in [0.2, 0.25) is 0 Å². The SMILES string of the molecule is C#CCC(CCC=C(C)CCCOC(=O)[C@H](OC(=O)c1ccccc1)[C@@H](OC(=O)c1ccccc1)C(=O)O)(S(=O)(=O)c1ccccc1)S(=O)(=O)c1ccccc1. The van der Waals surface area contributed by atoms with Gasteiger partial charge < -0.3 is 19.3 Å². The molecule has 292 valence electrons. The number of carboxylic acid groups (broad SMARTS) is 1. The number of benzene rings is 4. The smallest absolute Gasteiger partial charge is 0.352 e. The first-order valence-electron chi connectivity index (χ1n) is 17.3. The van der Waals surface area contributed by atoms with Crippen LogP contribution in [0.4, 0.5) is 0 Å². The van der Waals surface area contributed by atoms with E-state index in [-0.39, 0.29) is 53.2 Å². The Morgan fingerprint density at radius 1 is 0.714 bits per heavy atom. The molecule has 1 N–H and O–H groups in total. The van der Waals surface area contributed by atoms with E-state index in [9.17, 15) is 41.1 Å². The molecule has 0 aliphatic carbocycles. The standard InChI is InChI=1S/C42H40O12S2/c1-3-28-42(55(48,49)34-24-12-6-13-25-34,56(50,51)35-26-14-7-15-27-35)29-16-18-31(2)19-17-30-52-41(47)37(54-40(46)33-22-10-5-11-23-33)36(38(43)44)53-39(45)32-20-8-4-9-21-32/h1,4-15,18,20-27,36-37H,16-17,19,28-30H2,2H3,(H,43,44)/t36-,37-/m1/s1. The van der Waals surface area contributed by atoms with Crippen LogP contribution in [-0.2, 0) is 43.5 Å². The second kappa shape index (κ2) is 19.5. The number of hydrogen-bond donors (Lipinski definition) is 1. The summed E-state index contributed by atoms with van der Waals surface area (Å²) in [5.41, 5.74) is 0.690. The fourth-order valence-electron chi connectivity index (χ4n) is 5.71. The summed E-state index contributed by atoms with van der Waals surface area (Å²) in [6.07, 6.45) is 2.35. The summed E-state index contributed by atoms with van der Waals surface area (Å²) in [7, 11) is -9.11. The van der Waals surface area contributed by atoms with Gasteiger partial charge in [0.15, 0.2) is 23.8 Å². The maximum atomic E-state index is 14.2. The van der Waals surface area contributed by atoms with Crippen molar-refractivity contribution in [2.75, 3.05) is 6.61 Å². The molecule has 0 unspecified atom stereocenters. The minimum absolute atomic E-state index is 0.00369. The van der Waals surface area contributed by atoms with Gasteiger partial charge in [-0.05, 0) is 81.1 Å². The summed E-state index contributed by atoms with van der Waals surface area (Å²) < 4.78 is 70.1. The minimum Gasteiger partial charge on any atom is -0.478 e. The average Bonchev–Trinajstić information content (AvgIpc) is 3.21. The maximum Gasteiger partial charge on any atom is 0.352 e. The molecule has 14 heteroatoms. The molecule has 4 aromatic carbocycles. The number of terminal acetylenes is 1. The Kier molecular flexibility index (Phi) is 14.9. The lowest BCUT2D eigenvalue weighted by molar-refractivity contribution is -0.170. The lowest BCUT2D eigenvalue weighted by Crippen LogP contribution is -2.46. The Morgan fingerprint density at radius 3 is 1.57 bits per heavy atom. The summed E-state index contributed by atoms with van der Waals surface area (Å²) in [6, 6.07) is 29.4. The lowest BCUT2D eigenvalue weighted by atomic mass is 10.1. The van der Waals surface area contributed by atoms with Gasteiger partial charge in [-0.1, -0.05) is 84.4 Å². The number of rotatable bonds is 19. The molecule has 4 rings (SSSR count). The fraction of sp³-hybridized carbons (Fsp3) is 0.238. The molecule has 0 saturated carbocycles. The molecule has 12 nitrogen and oxygen atoms in total. The molecule has 0 aliphatic rings. The van der Waals surface area contributed by atoms with E-state index in [1.807, 2.05) is 0 Å². The van der Waals surface area contributed by atoms with Crippen LogP contribution >= 0.6 is 0 Å². The Hall–Kier alpha value is -6.04. The van der Waals surface area contributed by atoms with Gasteiger partial charge in [-0.2, -0.15) is 0 Å². The van der Waals surface area contributed by atoms with Crippen molar-refractivity contribution in [2.45, 2.75) is 65.1 Å². The molecule has 0 heterocycles. The molecular formula is C42H40O12S2. The highest BCUT2D eigenvalue weighted by molar-refractivity contribution is 8.10. The Bertz CT molecular complexity index is 2200. The number of allylic oxidation sites excluding steroid dienone is 2. The first kappa shape index (κ1) is 42.7. The first-order valence-corrected chi connectivity index (χ1v) is 20.3. The van der Waals surface area contributed by atoms with E-state index in [1.165, 1.54) is 97.1 Å². The van der Waals surface area contributed by atoms with Crippen LogP contribution < -0.4 is 0 Å². The maximum absolute atomic E-state index is 14.2. The largest absolute Gasteiger partial charge is 0.478 e. The van der Waals surface area contributed by atoms with Crippen LogP contribution in [0.1, 0.15) is 59.7 Å². The van der Waals surface area contributed by atoms with Crippen molar-refractivity contribution >= 4 is 43.6 Å². The van der Waals surface area contributed by atoms with Crippen molar-refractivity contribution in [3.05, 3.63) is 144 Å². The number of ether oxygens (including phenoxy) is 3. The molecule has 0 saturated heterocycles. The van der Waals surface area contributed by atoms with Crippen molar-refractivity contribution in [1.82, 2.24) is 0 Å². The number of aliphatic carboxylic acids is 1. The average molecular weight is 801 g/mol. The highest BCUT2D eigenvalue weighted by atomic mass is 32.3. The zero-order chi connectivity index (χ0) is 40.8. The normalized spacial score (nSPS) is 13.0. The molecule has 0 radical (unpaired) electrons. The first-order chi connectivity index (χ1) is 26.7. The Balaban J connectivity index is 1.49. The third-order valence-corrected chi connectivity index (χ3v) is 14.4. The predicted octanol–water partition coefficient (Wildman–Crippen LogP) is 6.24. The molecule has 0 spiro atoms.